The fourth-order valence-electron chi connectivity index (χ4n) is 1.53. The quantitative estimate of drug-likeness (QED) is 0.389. The summed E-state index contributed by atoms with van der Waals surface area (Å²) in [6, 6.07) is 4.94. The molecule has 1 aromatic heterocycles. The molecule has 0 saturated heterocycles. The molecule has 0 unspecified atom stereocenters. The molecule has 2 aromatic rings. The van der Waals surface area contributed by atoms with Crippen LogP contribution in [0.3, 0.4) is 0 Å². The molecule has 0 aliphatic heterocycles. The summed E-state index contributed by atoms with van der Waals surface area (Å²) in [5.41, 5.74) is -0.153. The minimum Gasteiger partial charge on any atom is -0.476 e. The molecule has 110 valence electrons. The van der Waals surface area contributed by atoms with E-state index in [1.165, 1.54) is 17.4 Å². The van der Waals surface area contributed by atoms with Crippen LogP contribution in [0.15, 0.2) is 31.8 Å². The standard InChI is InChI=1S/C12H6Br2FNO4S/c13-10-4-6(12(14)21-10)9(17)5-20-11-7(15)2-1-3-8(11)16(18)19/h1-4H,5H2. The van der Waals surface area contributed by atoms with Crippen molar-refractivity contribution in [3.63, 3.8) is 0 Å². The van der Waals surface area contributed by atoms with Gasteiger partial charge in [0, 0.05) is 11.6 Å². The number of hydrogen-bond donors (Lipinski definition) is 0. The van der Waals surface area contributed by atoms with Crippen LogP contribution >= 0.6 is 43.2 Å². The molecule has 0 aliphatic rings. The van der Waals surface area contributed by atoms with E-state index < -0.39 is 34.6 Å². The first-order valence-corrected chi connectivity index (χ1v) is 7.84. The SMILES string of the molecule is O=C(COc1c(F)cccc1[N+](=O)[O-])c1cc(Br)sc1Br. The van der Waals surface area contributed by atoms with Crippen LogP contribution < -0.4 is 4.74 Å². The molecule has 0 aliphatic carbocycles. The third kappa shape index (κ3) is 3.66. The molecule has 5 nitrogen and oxygen atoms in total. The topological polar surface area (TPSA) is 69.4 Å². The van der Waals surface area contributed by atoms with Gasteiger partial charge in [0.25, 0.3) is 0 Å². The normalized spacial score (nSPS) is 10.4. The maximum absolute atomic E-state index is 13.6. The van der Waals surface area contributed by atoms with E-state index in [0.717, 1.165) is 15.9 Å². The lowest BCUT2D eigenvalue weighted by Gasteiger charge is -2.06. The number of carbonyl (C=O) groups excluding carboxylic acids is 1. The maximum Gasteiger partial charge on any atom is 0.314 e. The molecule has 21 heavy (non-hydrogen) atoms. The summed E-state index contributed by atoms with van der Waals surface area (Å²) in [5, 5.41) is 10.8. The van der Waals surface area contributed by atoms with Crippen LogP contribution in [-0.2, 0) is 0 Å². The molecule has 0 atom stereocenters. The number of halogens is 3. The first kappa shape index (κ1) is 16.1. The van der Waals surface area contributed by atoms with Gasteiger partial charge in [0.15, 0.2) is 12.4 Å². The van der Waals surface area contributed by atoms with Crippen LogP contribution in [0, 0.1) is 15.9 Å². The molecular formula is C12H6Br2FNO4S. The lowest BCUT2D eigenvalue weighted by molar-refractivity contribution is -0.386. The molecule has 0 amide bonds. The molecule has 0 radical (unpaired) electrons. The van der Waals surface area contributed by atoms with Gasteiger partial charge in [0.2, 0.25) is 11.5 Å². The Bertz CT molecular complexity index is 719. The van der Waals surface area contributed by atoms with Crippen LogP contribution in [0.4, 0.5) is 10.1 Å². The number of hydrogen-bond acceptors (Lipinski definition) is 5. The molecule has 2 rings (SSSR count). The Labute approximate surface area is 139 Å². The highest BCUT2D eigenvalue weighted by molar-refractivity contribution is 9.12. The van der Waals surface area contributed by atoms with Crippen molar-refractivity contribution in [2.45, 2.75) is 0 Å². The number of carbonyl (C=O) groups is 1. The van der Waals surface area contributed by atoms with Gasteiger partial charge in [-0.1, -0.05) is 6.07 Å². The van der Waals surface area contributed by atoms with Gasteiger partial charge in [-0.05, 0) is 44.0 Å². The first-order chi connectivity index (χ1) is 9.90. The average molecular weight is 439 g/mol. The number of ketones is 1. The summed E-state index contributed by atoms with van der Waals surface area (Å²) in [4.78, 5) is 22.0. The Kier molecular flexibility index (Phi) is 5.07. The van der Waals surface area contributed by atoms with Crippen LogP contribution in [0.1, 0.15) is 10.4 Å². The Balaban J connectivity index is 2.19. The Morgan fingerprint density at radius 2 is 2.14 bits per heavy atom. The summed E-state index contributed by atoms with van der Waals surface area (Å²) in [6.45, 7) is -0.496. The van der Waals surface area contributed by atoms with E-state index in [4.69, 9.17) is 4.74 Å². The lowest BCUT2D eigenvalue weighted by atomic mass is 10.2. The molecular weight excluding hydrogens is 433 g/mol. The number of nitrogens with zero attached hydrogens (tertiary/aromatic N) is 1. The second kappa shape index (κ2) is 6.63. The molecule has 1 aromatic carbocycles. The number of ether oxygens (including phenoxy) is 1. The van der Waals surface area contributed by atoms with E-state index >= 15 is 0 Å². The van der Waals surface area contributed by atoms with Crippen molar-refractivity contribution < 1.29 is 18.8 Å². The van der Waals surface area contributed by atoms with E-state index in [2.05, 4.69) is 31.9 Å². The summed E-state index contributed by atoms with van der Waals surface area (Å²) < 4.78 is 20.0. The molecule has 9 heteroatoms. The van der Waals surface area contributed by atoms with Gasteiger partial charge < -0.3 is 4.74 Å². The number of benzene rings is 1. The van der Waals surface area contributed by atoms with Crippen LogP contribution in [0.2, 0.25) is 0 Å². The number of thiophene rings is 1. The molecule has 0 spiro atoms. The number of para-hydroxylation sites is 1. The van der Waals surface area contributed by atoms with E-state index in [0.29, 0.717) is 9.35 Å². The highest BCUT2D eigenvalue weighted by Crippen LogP contribution is 2.33. The fraction of sp³-hybridized carbons (Fsp3) is 0.0833. The Morgan fingerprint density at radius 3 is 2.71 bits per heavy atom. The molecule has 0 fully saturated rings. The first-order valence-electron chi connectivity index (χ1n) is 5.44. The zero-order valence-electron chi connectivity index (χ0n) is 10.1. The predicted octanol–water partition coefficient (Wildman–Crippen LogP) is 4.58. The zero-order valence-corrected chi connectivity index (χ0v) is 14.1. The second-order valence-electron chi connectivity index (χ2n) is 3.79. The van der Waals surface area contributed by atoms with Crippen LogP contribution in [-0.4, -0.2) is 17.3 Å². The maximum atomic E-state index is 13.6. The Morgan fingerprint density at radius 1 is 1.43 bits per heavy atom. The van der Waals surface area contributed by atoms with E-state index in [9.17, 15) is 19.3 Å². The fourth-order valence-corrected chi connectivity index (χ4v) is 4.39. The lowest BCUT2D eigenvalue weighted by Crippen LogP contribution is -2.12. The minimum atomic E-state index is -0.887. The smallest absolute Gasteiger partial charge is 0.314 e. The molecule has 1 heterocycles. The molecule has 0 saturated carbocycles. The summed E-state index contributed by atoms with van der Waals surface area (Å²) in [7, 11) is 0. The third-order valence-corrected chi connectivity index (χ3v) is 4.79. The van der Waals surface area contributed by atoms with Crippen molar-refractivity contribution in [2.24, 2.45) is 0 Å². The van der Waals surface area contributed by atoms with E-state index in [-0.39, 0.29) is 0 Å². The number of rotatable bonds is 5. The van der Waals surface area contributed by atoms with Crippen LogP contribution in [0.5, 0.6) is 5.75 Å². The van der Waals surface area contributed by atoms with Gasteiger partial charge in [-0.3, -0.25) is 14.9 Å². The van der Waals surface area contributed by atoms with E-state index in [1.54, 1.807) is 6.07 Å². The third-order valence-electron chi connectivity index (χ3n) is 2.45. The van der Waals surface area contributed by atoms with E-state index in [1.807, 2.05) is 0 Å². The molecule has 0 bridgehead atoms. The van der Waals surface area contributed by atoms with Gasteiger partial charge in [-0.2, -0.15) is 0 Å². The predicted molar refractivity (Wildman–Crippen MR) is 82.6 cm³/mol. The van der Waals surface area contributed by atoms with Crippen molar-refractivity contribution in [1.29, 1.82) is 0 Å². The largest absolute Gasteiger partial charge is 0.476 e. The second-order valence-corrected chi connectivity index (χ2v) is 7.54. The number of Topliss-reactive ketones (excluding diaryl/α,β-unsaturated/α-hetero) is 1. The van der Waals surface area contributed by atoms with Gasteiger partial charge in [0.1, 0.15) is 0 Å². The summed E-state index contributed by atoms with van der Waals surface area (Å²) in [5.74, 6) is -1.84. The molecule has 0 N–H and O–H groups in total. The highest BCUT2D eigenvalue weighted by Gasteiger charge is 2.21. The summed E-state index contributed by atoms with van der Waals surface area (Å²) >= 11 is 7.77. The van der Waals surface area contributed by atoms with Gasteiger partial charge in [0.05, 0.1) is 12.5 Å². The number of nitro groups is 1. The van der Waals surface area contributed by atoms with Crippen molar-refractivity contribution in [3.05, 3.63) is 53.3 Å². The van der Waals surface area contributed by atoms with Crippen LogP contribution in [0.25, 0.3) is 0 Å². The summed E-state index contributed by atoms with van der Waals surface area (Å²) in [6.07, 6.45) is 0. The van der Waals surface area contributed by atoms with Crippen molar-refractivity contribution in [3.8, 4) is 5.75 Å². The average Bonchev–Trinajstić information content (AvgIpc) is 2.75. The van der Waals surface area contributed by atoms with Gasteiger partial charge in [-0.25, -0.2) is 4.39 Å². The van der Waals surface area contributed by atoms with Crippen molar-refractivity contribution in [2.75, 3.05) is 6.61 Å². The minimum absolute atomic E-state index is 0.367. The number of nitro benzene ring substituents is 1. The van der Waals surface area contributed by atoms with Gasteiger partial charge >= 0.3 is 5.69 Å². The zero-order chi connectivity index (χ0) is 15.6. The van der Waals surface area contributed by atoms with Gasteiger partial charge in [-0.15, -0.1) is 11.3 Å². The highest BCUT2D eigenvalue weighted by atomic mass is 79.9. The van der Waals surface area contributed by atoms with Crippen molar-refractivity contribution in [1.82, 2.24) is 0 Å². The Hall–Kier alpha value is -1.32. The monoisotopic (exact) mass is 437 g/mol. The van der Waals surface area contributed by atoms with Crippen molar-refractivity contribution >= 4 is 54.7 Å².